The fourth-order valence-electron chi connectivity index (χ4n) is 6.60. The molecule has 3 heterocycles. The maximum atomic E-state index is 13.7. The van der Waals surface area contributed by atoms with E-state index in [1.807, 2.05) is 67.6 Å². The molecule has 0 amide bonds. The van der Waals surface area contributed by atoms with E-state index in [0.717, 1.165) is 28.5 Å². The van der Waals surface area contributed by atoms with Gasteiger partial charge in [-0.05, 0) is 18.1 Å². The summed E-state index contributed by atoms with van der Waals surface area (Å²) >= 11 is 0. The molecule has 6 rings (SSSR count). The van der Waals surface area contributed by atoms with E-state index in [1.54, 1.807) is 0 Å². The Morgan fingerprint density at radius 2 is 1.62 bits per heavy atom. The standard InChI is InChI=1S/C25H28NO3/c1-24(16-10-6-4-7-11-16,17-12-8-5-9-13-17)23(27)28-18-14-19-21-22-25(21,29-22)20(15-18)26(19,2)3/h4-13,18-22H,14-15H2,1-3H3/q+1/t18-,19?,20?,21?,22-,25?/m0/s1. The van der Waals surface area contributed by atoms with E-state index in [0.29, 0.717) is 24.1 Å². The van der Waals surface area contributed by atoms with Gasteiger partial charge in [-0.2, -0.15) is 0 Å². The number of carbonyl (C=O) groups is 1. The van der Waals surface area contributed by atoms with E-state index >= 15 is 0 Å². The number of ether oxygens (including phenoxy) is 2. The molecule has 3 saturated heterocycles. The van der Waals surface area contributed by atoms with Gasteiger partial charge in [-0.1, -0.05) is 60.7 Å². The van der Waals surface area contributed by atoms with Gasteiger partial charge in [0.1, 0.15) is 29.7 Å². The smallest absolute Gasteiger partial charge is 0.321 e. The van der Waals surface area contributed by atoms with Crippen molar-refractivity contribution in [3.63, 3.8) is 0 Å². The summed E-state index contributed by atoms with van der Waals surface area (Å²) in [5.41, 5.74) is 1.25. The van der Waals surface area contributed by atoms with Gasteiger partial charge in [-0.25, -0.2) is 0 Å². The van der Waals surface area contributed by atoms with Crippen LogP contribution in [0.5, 0.6) is 0 Å². The minimum atomic E-state index is -0.816. The van der Waals surface area contributed by atoms with Crippen molar-refractivity contribution in [1.82, 2.24) is 0 Å². The van der Waals surface area contributed by atoms with Gasteiger partial charge in [-0.15, -0.1) is 0 Å². The third kappa shape index (κ3) is 2.14. The van der Waals surface area contributed by atoms with Gasteiger partial charge in [0.05, 0.1) is 20.0 Å². The average molecular weight is 391 g/mol. The van der Waals surface area contributed by atoms with Gasteiger partial charge in [-0.3, -0.25) is 4.79 Å². The van der Waals surface area contributed by atoms with E-state index in [4.69, 9.17) is 9.47 Å². The van der Waals surface area contributed by atoms with Crippen molar-refractivity contribution >= 4 is 5.97 Å². The van der Waals surface area contributed by atoms with Crippen molar-refractivity contribution in [2.24, 2.45) is 5.92 Å². The van der Waals surface area contributed by atoms with Gasteiger partial charge < -0.3 is 14.0 Å². The molecule has 0 aromatic heterocycles. The maximum absolute atomic E-state index is 13.7. The number of piperidine rings is 2. The zero-order valence-electron chi connectivity index (χ0n) is 17.2. The number of quaternary nitrogens is 1. The molecule has 4 nitrogen and oxygen atoms in total. The van der Waals surface area contributed by atoms with E-state index < -0.39 is 5.41 Å². The summed E-state index contributed by atoms with van der Waals surface area (Å²) in [6, 6.07) is 21.0. The summed E-state index contributed by atoms with van der Waals surface area (Å²) in [4.78, 5) is 13.7. The molecular formula is C25H28NO3+. The van der Waals surface area contributed by atoms with E-state index in [-0.39, 0.29) is 17.7 Å². The number of likely N-dealkylation sites (N-methyl/N-ethyl adjacent to an activating group) is 1. The zero-order valence-corrected chi connectivity index (χ0v) is 17.2. The van der Waals surface area contributed by atoms with Crippen molar-refractivity contribution < 1.29 is 18.8 Å². The molecule has 1 saturated carbocycles. The number of epoxide rings is 1. The molecule has 6 atom stereocenters. The molecule has 1 spiro atoms. The topological polar surface area (TPSA) is 38.8 Å². The van der Waals surface area contributed by atoms with Crippen LogP contribution in [0.4, 0.5) is 0 Å². The number of carbonyl (C=O) groups excluding carboxylic acids is 1. The summed E-state index contributed by atoms with van der Waals surface area (Å²) < 4.78 is 13.3. The summed E-state index contributed by atoms with van der Waals surface area (Å²) in [5.74, 6) is 0.534. The molecule has 0 N–H and O–H groups in total. The van der Waals surface area contributed by atoms with Crippen molar-refractivity contribution in [3.8, 4) is 0 Å². The lowest BCUT2D eigenvalue weighted by Crippen LogP contribution is -2.60. The van der Waals surface area contributed by atoms with Crippen LogP contribution in [-0.2, 0) is 19.7 Å². The van der Waals surface area contributed by atoms with Gasteiger partial charge in [0.15, 0.2) is 5.60 Å². The Kier molecular flexibility index (Phi) is 3.35. The second-order valence-corrected chi connectivity index (χ2v) is 9.99. The number of rotatable bonds is 4. The van der Waals surface area contributed by atoms with Crippen molar-refractivity contribution in [2.45, 2.75) is 55.1 Å². The van der Waals surface area contributed by atoms with Crippen LogP contribution in [0.1, 0.15) is 30.9 Å². The first-order chi connectivity index (χ1) is 13.9. The SMILES string of the molecule is CC(C(=O)O[C@H]1CC2C3[C@@H]4OC34C(C1)[N+]2(C)C)(c1ccccc1)c1ccccc1. The molecule has 4 heteroatoms. The number of hydrogen-bond donors (Lipinski definition) is 0. The Morgan fingerprint density at radius 3 is 2.14 bits per heavy atom. The third-order valence-corrected chi connectivity index (χ3v) is 8.42. The third-order valence-electron chi connectivity index (χ3n) is 8.42. The molecule has 2 bridgehead atoms. The number of esters is 1. The molecule has 3 aliphatic heterocycles. The number of hydrogen-bond acceptors (Lipinski definition) is 3. The lowest BCUT2D eigenvalue weighted by atomic mass is 9.76. The molecule has 4 unspecified atom stereocenters. The number of nitrogens with zero attached hydrogens (tertiary/aromatic N) is 1. The highest BCUT2D eigenvalue weighted by molar-refractivity contribution is 5.87. The van der Waals surface area contributed by atoms with Crippen LogP contribution in [-0.4, -0.2) is 54.4 Å². The highest BCUT2D eigenvalue weighted by atomic mass is 16.7. The molecule has 0 radical (unpaired) electrons. The Labute approximate surface area is 172 Å². The van der Waals surface area contributed by atoms with E-state index in [9.17, 15) is 4.79 Å². The lowest BCUT2D eigenvalue weighted by Gasteiger charge is -2.45. The second kappa shape index (κ2) is 5.50. The van der Waals surface area contributed by atoms with Crippen molar-refractivity contribution in [3.05, 3.63) is 71.8 Å². The molecule has 150 valence electrons. The normalized spacial score (nSPS) is 38.0. The first-order valence-electron chi connectivity index (χ1n) is 10.7. The van der Waals surface area contributed by atoms with Gasteiger partial charge >= 0.3 is 5.97 Å². The molecule has 4 fully saturated rings. The molecular weight excluding hydrogens is 362 g/mol. The first kappa shape index (κ1) is 17.7. The first-order valence-corrected chi connectivity index (χ1v) is 10.7. The highest BCUT2D eigenvalue weighted by Gasteiger charge is 2.97. The van der Waals surface area contributed by atoms with E-state index in [2.05, 4.69) is 14.1 Å². The van der Waals surface area contributed by atoms with Crippen LogP contribution in [0.3, 0.4) is 0 Å². The van der Waals surface area contributed by atoms with Crippen LogP contribution in [0, 0.1) is 5.92 Å². The number of fused-ring (bicyclic) bond motifs is 4. The predicted octanol–water partition coefficient (Wildman–Crippen LogP) is 3.29. The Hall–Kier alpha value is -2.17. The molecule has 2 aromatic carbocycles. The summed E-state index contributed by atoms with van der Waals surface area (Å²) in [6.07, 6.45) is 2.32. The van der Waals surface area contributed by atoms with Crippen LogP contribution in [0.2, 0.25) is 0 Å². The summed E-state index contributed by atoms with van der Waals surface area (Å²) in [5, 5.41) is 0. The average Bonchev–Trinajstić information content (AvgIpc) is 3.60. The fraction of sp³-hybridized carbons (Fsp3) is 0.480. The monoisotopic (exact) mass is 390 g/mol. The largest absolute Gasteiger partial charge is 0.461 e. The zero-order chi connectivity index (χ0) is 20.0. The van der Waals surface area contributed by atoms with Gasteiger partial charge in [0, 0.05) is 12.8 Å². The van der Waals surface area contributed by atoms with E-state index in [1.165, 1.54) is 0 Å². The summed E-state index contributed by atoms with van der Waals surface area (Å²) in [6.45, 7) is 1.99. The van der Waals surface area contributed by atoms with Gasteiger partial charge in [0.25, 0.3) is 0 Å². The molecule has 1 aliphatic carbocycles. The minimum Gasteiger partial charge on any atom is -0.461 e. The summed E-state index contributed by atoms with van der Waals surface area (Å²) in [7, 11) is 4.65. The van der Waals surface area contributed by atoms with Crippen LogP contribution >= 0.6 is 0 Å². The minimum absolute atomic E-state index is 0.0255. The second-order valence-electron chi connectivity index (χ2n) is 9.99. The van der Waals surface area contributed by atoms with Crippen LogP contribution in [0.25, 0.3) is 0 Å². The Morgan fingerprint density at radius 1 is 1.03 bits per heavy atom. The lowest BCUT2D eigenvalue weighted by molar-refractivity contribution is -0.936. The predicted molar refractivity (Wildman–Crippen MR) is 109 cm³/mol. The number of benzene rings is 2. The quantitative estimate of drug-likeness (QED) is 0.457. The molecule has 2 aromatic rings. The molecule has 29 heavy (non-hydrogen) atoms. The van der Waals surface area contributed by atoms with Gasteiger partial charge in [0.2, 0.25) is 0 Å². The maximum Gasteiger partial charge on any atom is 0.321 e. The van der Waals surface area contributed by atoms with Crippen molar-refractivity contribution in [1.29, 1.82) is 0 Å². The Balaban J connectivity index is 1.29. The molecule has 4 aliphatic rings. The highest BCUT2D eigenvalue weighted by Crippen LogP contribution is 2.77. The van der Waals surface area contributed by atoms with Crippen molar-refractivity contribution in [2.75, 3.05) is 14.1 Å². The Bertz CT molecular complexity index is 933. The van der Waals surface area contributed by atoms with Crippen LogP contribution in [0.15, 0.2) is 60.7 Å². The van der Waals surface area contributed by atoms with Crippen LogP contribution < -0.4 is 0 Å². The fourth-order valence-corrected chi connectivity index (χ4v) is 6.60.